The molecule has 4 rings (SSSR count). The molecule has 1 aliphatic rings. The zero-order chi connectivity index (χ0) is 40.3. The number of methoxy groups -OCH3 is 2. The van der Waals surface area contributed by atoms with Crippen molar-refractivity contribution in [3.63, 3.8) is 0 Å². The summed E-state index contributed by atoms with van der Waals surface area (Å²) in [6, 6.07) is 20.6. The van der Waals surface area contributed by atoms with Gasteiger partial charge in [0.25, 0.3) is 0 Å². The summed E-state index contributed by atoms with van der Waals surface area (Å²) in [7, 11) is 2.77. The van der Waals surface area contributed by atoms with Crippen LogP contribution in [0.5, 0.6) is 0 Å². The number of ether oxygens (including phenoxy) is 2. The molecule has 8 heteroatoms. The van der Waals surface area contributed by atoms with Gasteiger partial charge in [0.05, 0.1) is 59.9 Å². The van der Waals surface area contributed by atoms with Gasteiger partial charge in [-0.15, -0.1) is 0 Å². The van der Waals surface area contributed by atoms with Crippen molar-refractivity contribution in [1.29, 1.82) is 10.5 Å². The summed E-state index contributed by atoms with van der Waals surface area (Å²) in [5.74, 6) is 0.232. The fraction of sp³-hybridized carbons (Fsp3) is 0.457. The van der Waals surface area contributed by atoms with Crippen LogP contribution in [0.15, 0.2) is 71.1 Å². The minimum absolute atomic E-state index is 0.326. The maximum Gasteiger partial charge on any atom is 0.340 e. The summed E-state index contributed by atoms with van der Waals surface area (Å²) in [5.41, 5.74) is 10.0. The van der Waals surface area contributed by atoms with Gasteiger partial charge in [0.15, 0.2) is 0 Å². The fourth-order valence-electron chi connectivity index (χ4n) is 6.73. The summed E-state index contributed by atoms with van der Waals surface area (Å²) >= 11 is 0. The largest absolute Gasteiger partial charge is 0.466 e. The van der Waals surface area contributed by atoms with Crippen LogP contribution in [0.2, 0.25) is 0 Å². The number of pyridine rings is 1. The molecule has 1 atom stereocenters. The molecule has 0 fully saturated rings. The molecule has 1 N–H and O–H groups in total. The van der Waals surface area contributed by atoms with E-state index in [1.54, 1.807) is 0 Å². The van der Waals surface area contributed by atoms with Crippen molar-refractivity contribution in [2.75, 3.05) is 14.2 Å². The highest BCUT2D eigenvalue weighted by Gasteiger charge is 2.36. The number of carbonyl (C=O) groups excluding carboxylic acids is 2. The lowest BCUT2D eigenvalue weighted by atomic mass is 9.78. The van der Waals surface area contributed by atoms with E-state index in [4.69, 9.17) is 14.5 Å². The maximum absolute atomic E-state index is 12.7. The van der Waals surface area contributed by atoms with E-state index in [-0.39, 0.29) is 5.97 Å². The van der Waals surface area contributed by atoms with Gasteiger partial charge in [0.1, 0.15) is 6.07 Å². The first kappa shape index (κ1) is 43.2. The van der Waals surface area contributed by atoms with Crippen LogP contribution in [0.3, 0.4) is 0 Å². The van der Waals surface area contributed by atoms with Crippen LogP contribution >= 0.6 is 0 Å². The minimum atomic E-state index is -0.443. The molecule has 1 aliphatic heterocycles. The molecule has 2 heterocycles. The Kier molecular flexibility index (Phi) is 15.8. The third kappa shape index (κ3) is 10.9. The van der Waals surface area contributed by atoms with Gasteiger partial charge in [-0.05, 0) is 74.3 Å². The lowest BCUT2D eigenvalue weighted by Crippen LogP contribution is -2.31. The molecule has 2 aromatic carbocycles. The SMILES string of the molecule is COC(=O)C1=C(CC(C)C)NC(CC(C)C)=C(C#N)C1c1ccc(C)cc1.COC(=O)c1c(CC(C)C)nc(CC(C)C)c(C#N)c1-c1ccc(C)cc1. The number of carbonyl (C=O) groups is 2. The molecule has 1 aromatic heterocycles. The van der Waals surface area contributed by atoms with Crippen LogP contribution in [0, 0.1) is 60.2 Å². The number of aryl methyl sites for hydroxylation is 2. The molecule has 286 valence electrons. The van der Waals surface area contributed by atoms with Crippen molar-refractivity contribution in [1.82, 2.24) is 10.3 Å². The highest BCUT2D eigenvalue weighted by atomic mass is 16.5. The van der Waals surface area contributed by atoms with E-state index in [9.17, 15) is 20.1 Å². The van der Waals surface area contributed by atoms with Gasteiger partial charge in [-0.3, -0.25) is 4.98 Å². The van der Waals surface area contributed by atoms with Crippen molar-refractivity contribution in [2.45, 2.75) is 101 Å². The molecule has 0 bridgehead atoms. The summed E-state index contributed by atoms with van der Waals surface area (Å²) in [6.07, 6.45) is 2.84. The molecular formula is C46H58N4O4. The number of hydrogen-bond acceptors (Lipinski definition) is 8. The van der Waals surface area contributed by atoms with Gasteiger partial charge in [0, 0.05) is 17.0 Å². The molecule has 54 heavy (non-hydrogen) atoms. The molecule has 3 aromatic rings. The van der Waals surface area contributed by atoms with E-state index >= 15 is 0 Å². The highest BCUT2D eigenvalue weighted by molar-refractivity contribution is 6.00. The van der Waals surface area contributed by atoms with Crippen LogP contribution < -0.4 is 5.32 Å². The fourth-order valence-corrected chi connectivity index (χ4v) is 6.73. The number of nitrogens with one attached hydrogen (secondary N) is 1. The van der Waals surface area contributed by atoms with E-state index in [1.165, 1.54) is 14.2 Å². The Morgan fingerprint density at radius 2 is 1.17 bits per heavy atom. The summed E-state index contributed by atoms with van der Waals surface area (Å²) in [5, 5.41) is 23.3. The molecule has 0 saturated carbocycles. The Hall–Kier alpha value is -5.21. The minimum Gasteiger partial charge on any atom is -0.466 e. The van der Waals surface area contributed by atoms with Gasteiger partial charge in [-0.25, -0.2) is 9.59 Å². The zero-order valence-electron chi connectivity index (χ0n) is 34.3. The van der Waals surface area contributed by atoms with E-state index in [1.807, 2.05) is 62.4 Å². The number of nitrogens with zero attached hydrogens (tertiary/aromatic N) is 3. The Balaban J connectivity index is 0.000000290. The molecule has 1 unspecified atom stereocenters. The first-order valence-electron chi connectivity index (χ1n) is 19.0. The molecule has 0 saturated heterocycles. The Morgan fingerprint density at radius 1 is 0.685 bits per heavy atom. The van der Waals surface area contributed by atoms with E-state index < -0.39 is 11.9 Å². The van der Waals surface area contributed by atoms with Crippen LogP contribution in [-0.2, 0) is 27.1 Å². The lowest BCUT2D eigenvalue weighted by molar-refractivity contribution is -0.136. The Bertz CT molecular complexity index is 1940. The molecule has 0 radical (unpaired) electrons. The van der Waals surface area contributed by atoms with Crippen LogP contribution in [-0.4, -0.2) is 31.1 Å². The quantitative estimate of drug-likeness (QED) is 0.183. The Labute approximate surface area is 323 Å². The molecule has 8 nitrogen and oxygen atoms in total. The first-order chi connectivity index (χ1) is 25.6. The van der Waals surface area contributed by atoms with Gasteiger partial charge in [-0.2, -0.15) is 10.5 Å². The second-order valence-corrected chi connectivity index (χ2v) is 15.8. The highest BCUT2D eigenvalue weighted by Crippen LogP contribution is 2.41. The van der Waals surface area contributed by atoms with Crippen molar-refractivity contribution >= 4 is 11.9 Å². The van der Waals surface area contributed by atoms with E-state index in [0.717, 1.165) is 52.2 Å². The predicted molar refractivity (Wildman–Crippen MR) is 215 cm³/mol. The van der Waals surface area contributed by atoms with Gasteiger partial charge >= 0.3 is 11.9 Å². The van der Waals surface area contributed by atoms with Crippen LogP contribution in [0.1, 0.15) is 118 Å². The topological polar surface area (TPSA) is 125 Å². The normalized spacial score (nSPS) is 14.1. The second-order valence-electron chi connectivity index (χ2n) is 15.8. The summed E-state index contributed by atoms with van der Waals surface area (Å²) in [4.78, 5) is 30.2. The zero-order valence-corrected chi connectivity index (χ0v) is 34.3. The summed E-state index contributed by atoms with van der Waals surface area (Å²) < 4.78 is 10.2. The van der Waals surface area contributed by atoms with E-state index in [0.29, 0.717) is 70.0 Å². The molecular weight excluding hydrogens is 673 g/mol. The third-order valence-corrected chi connectivity index (χ3v) is 9.08. The average molecular weight is 731 g/mol. The lowest BCUT2D eigenvalue weighted by Gasteiger charge is -2.32. The Morgan fingerprint density at radius 3 is 1.63 bits per heavy atom. The number of aromatic nitrogens is 1. The smallest absolute Gasteiger partial charge is 0.340 e. The number of rotatable bonds is 12. The van der Waals surface area contributed by atoms with Crippen molar-refractivity contribution < 1.29 is 19.1 Å². The number of benzene rings is 2. The average Bonchev–Trinajstić information content (AvgIpc) is 3.10. The van der Waals surface area contributed by atoms with Crippen molar-refractivity contribution in [3.05, 3.63) is 110 Å². The second kappa shape index (κ2) is 19.7. The number of nitriles is 2. The predicted octanol–water partition coefficient (Wildman–Crippen LogP) is 10.1. The maximum atomic E-state index is 12.7. The van der Waals surface area contributed by atoms with Crippen LogP contribution in [0.4, 0.5) is 0 Å². The molecule has 0 spiro atoms. The monoisotopic (exact) mass is 730 g/mol. The molecule has 0 aliphatic carbocycles. The first-order valence-corrected chi connectivity index (χ1v) is 19.0. The third-order valence-electron chi connectivity index (χ3n) is 9.08. The molecule has 0 amide bonds. The number of esters is 2. The van der Waals surface area contributed by atoms with E-state index in [2.05, 4.69) is 72.8 Å². The van der Waals surface area contributed by atoms with Gasteiger partial charge in [-0.1, -0.05) is 115 Å². The van der Waals surface area contributed by atoms with Gasteiger partial charge in [0.2, 0.25) is 0 Å². The van der Waals surface area contributed by atoms with Crippen molar-refractivity contribution in [3.8, 4) is 23.3 Å². The van der Waals surface area contributed by atoms with Crippen molar-refractivity contribution in [2.24, 2.45) is 23.7 Å². The number of dihydropyridines is 1. The van der Waals surface area contributed by atoms with Gasteiger partial charge < -0.3 is 14.8 Å². The van der Waals surface area contributed by atoms with Crippen LogP contribution in [0.25, 0.3) is 11.1 Å². The summed E-state index contributed by atoms with van der Waals surface area (Å²) in [6.45, 7) is 20.9. The number of hydrogen-bond donors (Lipinski definition) is 1. The standard InChI is InChI=1S/C23H30N2O2.C23H28N2O2/c2*1-14(2)11-19-18(13-24)21(17-9-7-16(5)8-10-17)22(23(26)27-6)20(25-19)12-15(3)4/h7-10,14-15,21,25H,11-12H2,1-6H3;7-10,14-15H,11-12H2,1-6H3. The number of allylic oxidation sites excluding steroid dienone is 3.